The molecule has 9 nitrogen and oxygen atoms in total. The van der Waals surface area contributed by atoms with Crippen LogP contribution >= 0.6 is 0 Å². The molecule has 0 bridgehead atoms. The van der Waals surface area contributed by atoms with Crippen LogP contribution in [0.25, 0.3) is 17.1 Å². The molecule has 2 heterocycles. The fraction of sp³-hybridized carbons (Fsp3) is 0.143. The molecule has 0 aliphatic carbocycles. The van der Waals surface area contributed by atoms with Crippen molar-refractivity contribution < 1.29 is 23.5 Å². The SMILES string of the molecule is COc1ccc(-c2noc(COC(=O)c3nn(-c4ccccc4)cc3OC)n2)cc1. The molecule has 0 aliphatic rings. The van der Waals surface area contributed by atoms with Crippen molar-refractivity contribution in [2.24, 2.45) is 0 Å². The van der Waals surface area contributed by atoms with Gasteiger partial charge < -0.3 is 18.7 Å². The van der Waals surface area contributed by atoms with E-state index in [0.29, 0.717) is 11.6 Å². The van der Waals surface area contributed by atoms with E-state index in [1.54, 1.807) is 42.3 Å². The van der Waals surface area contributed by atoms with Crippen LogP contribution in [0.3, 0.4) is 0 Å². The standard InChI is InChI=1S/C21H18N4O5/c1-27-16-10-8-14(9-11-16)20-22-18(30-24-20)13-29-21(26)19-17(28-2)12-25(23-19)15-6-4-3-5-7-15/h3-12H,13H2,1-2H3. The van der Waals surface area contributed by atoms with Gasteiger partial charge in [0.2, 0.25) is 11.5 Å². The van der Waals surface area contributed by atoms with Gasteiger partial charge in [-0.2, -0.15) is 10.1 Å². The number of nitrogens with zero attached hydrogens (tertiary/aromatic N) is 4. The zero-order valence-electron chi connectivity index (χ0n) is 16.3. The predicted molar refractivity (Wildman–Crippen MR) is 106 cm³/mol. The van der Waals surface area contributed by atoms with Gasteiger partial charge in [0.05, 0.1) is 26.1 Å². The normalized spacial score (nSPS) is 10.6. The third-order valence-corrected chi connectivity index (χ3v) is 4.26. The van der Waals surface area contributed by atoms with Gasteiger partial charge in [-0.3, -0.25) is 0 Å². The molecule has 9 heteroatoms. The highest BCUT2D eigenvalue weighted by Gasteiger charge is 2.21. The van der Waals surface area contributed by atoms with Gasteiger partial charge in [0.25, 0.3) is 5.89 Å². The van der Waals surface area contributed by atoms with Crippen LogP contribution in [-0.2, 0) is 11.3 Å². The summed E-state index contributed by atoms with van der Waals surface area (Å²) >= 11 is 0. The van der Waals surface area contributed by atoms with Crippen molar-refractivity contribution in [3.05, 3.63) is 72.4 Å². The molecule has 0 spiro atoms. The van der Waals surface area contributed by atoms with E-state index in [4.69, 9.17) is 18.7 Å². The molecule has 2 aromatic heterocycles. The smallest absolute Gasteiger partial charge is 0.363 e. The lowest BCUT2D eigenvalue weighted by molar-refractivity contribution is 0.0419. The quantitative estimate of drug-likeness (QED) is 0.431. The average molecular weight is 406 g/mol. The van der Waals surface area contributed by atoms with E-state index in [9.17, 15) is 4.79 Å². The van der Waals surface area contributed by atoms with Gasteiger partial charge in [-0.05, 0) is 36.4 Å². The number of carbonyl (C=O) groups is 1. The summed E-state index contributed by atoms with van der Waals surface area (Å²) in [6.45, 7) is -0.191. The van der Waals surface area contributed by atoms with Crippen molar-refractivity contribution >= 4 is 5.97 Å². The van der Waals surface area contributed by atoms with Gasteiger partial charge in [0.15, 0.2) is 12.4 Å². The summed E-state index contributed by atoms with van der Waals surface area (Å²) in [5.41, 5.74) is 1.59. The first kappa shape index (κ1) is 19.2. The molecule has 0 saturated carbocycles. The van der Waals surface area contributed by atoms with E-state index >= 15 is 0 Å². The van der Waals surface area contributed by atoms with Crippen LogP contribution in [0, 0.1) is 0 Å². The Morgan fingerprint density at radius 3 is 2.50 bits per heavy atom. The topological polar surface area (TPSA) is 102 Å². The summed E-state index contributed by atoms with van der Waals surface area (Å²) < 4.78 is 22.4. The Balaban J connectivity index is 1.45. The molecule has 4 aromatic rings. The Morgan fingerprint density at radius 1 is 1.03 bits per heavy atom. The second-order valence-corrected chi connectivity index (χ2v) is 6.14. The summed E-state index contributed by atoms with van der Waals surface area (Å²) in [5, 5.41) is 8.18. The number of rotatable bonds is 7. The minimum Gasteiger partial charge on any atom is -0.497 e. The number of ether oxygens (including phenoxy) is 3. The van der Waals surface area contributed by atoms with Crippen molar-refractivity contribution in [1.82, 2.24) is 19.9 Å². The lowest BCUT2D eigenvalue weighted by atomic mass is 10.2. The molecule has 0 atom stereocenters. The molecule has 0 N–H and O–H groups in total. The molecule has 4 rings (SSSR count). The van der Waals surface area contributed by atoms with Crippen LogP contribution < -0.4 is 9.47 Å². The van der Waals surface area contributed by atoms with Gasteiger partial charge in [-0.1, -0.05) is 23.4 Å². The van der Waals surface area contributed by atoms with Crippen LogP contribution in [0.2, 0.25) is 0 Å². The van der Waals surface area contributed by atoms with Gasteiger partial charge >= 0.3 is 5.97 Å². The molecule has 2 aromatic carbocycles. The molecule has 0 saturated heterocycles. The van der Waals surface area contributed by atoms with Gasteiger partial charge in [0, 0.05) is 5.56 Å². The van der Waals surface area contributed by atoms with Crippen LogP contribution in [-0.4, -0.2) is 40.1 Å². The predicted octanol–water partition coefficient (Wildman–Crippen LogP) is 3.30. The van der Waals surface area contributed by atoms with Crippen LogP contribution in [0.15, 0.2) is 65.3 Å². The highest BCUT2D eigenvalue weighted by atomic mass is 16.6. The third kappa shape index (κ3) is 4.00. The molecular formula is C21H18N4O5. The Hall–Kier alpha value is -4.14. The molecular weight excluding hydrogens is 388 g/mol. The molecule has 0 unspecified atom stereocenters. The second-order valence-electron chi connectivity index (χ2n) is 6.14. The Kier molecular flexibility index (Phi) is 5.42. The Morgan fingerprint density at radius 2 is 1.80 bits per heavy atom. The fourth-order valence-electron chi connectivity index (χ4n) is 2.73. The lowest BCUT2D eigenvalue weighted by Gasteiger charge is -2.01. The lowest BCUT2D eigenvalue weighted by Crippen LogP contribution is -2.08. The van der Waals surface area contributed by atoms with E-state index in [0.717, 1.165) is 17.0 Å². The molecule has 152 valence electrons. The zero-order chi connectivity index (χ0) is 20.9. The van der Waals surface area contributed by atoms with Crippen LogP contribution in [0.4, 0.5) is 0 Å². The maximum absolute atomic E-state index is 12.5. The molecule has 0 amide bonds. The Bertz CT molecular complexity index is 1140. The van der Waals surface area contributed by atoms with Crippen molar-refractivity contribution in [2.75, 3.05) is 14.2 Å². The first-order valence-corrected chi connectivity index (χ1v) is 9.01. The summed E-state index contributed by atoms with van der Waals surface area (Å²) in [4.78, 5) is 16.8. The number of para-hydroxylation sites is 1. The first-order valence-electron chi connectivity index (χ1n) is 9.01. The van der Waals surface area contributed by atoms with Gasteiger partial charge in [0.1, 0.15) is 5.75 Å². The van der Waals surface area contributed by atoms with Crippen molar-refractivity contribution in [3.8, 4) is 28.6 Å². The number of benzene rings is 2. The van der Waals surface area contributed by atoms with E-state index in [1.807, 2.05) is 30.3 Å². The average Bonchev–Trinajstić information content (AvgIpc) is 3.45. The molecule has 30 heavy (non-hydrogen) atoms. The van der Waals surface area contributed by atoms with E-state index in [1.165, 1.54) is 7.11 Å². The summed E-state index contributed by atoms with van der Waals surface area (Å²) in [6.07, 6.45) is 1.61. The zero-order valence-corrected chi connectivity index (χ0v) is 16.3. The van der Waals surface area contributed by atoms with Crippen molar-refractivity contribution in [1.29, 1.82) is 0 Å². The van der Waals surface area contributed by atoms with E-state index < -0.39 is 5.97 Å². The largest absolute Gasteiger partial charge is 0.497 e. The number of hydrogen-bond donors (Lipinski definition) is 0. The number of methoxy groups -OCH3 is 2. The highest BCUT2D eigenvalue weighted by Crippen LogP contribution is 2.22. The second kappa shape index (κ2) is 8.48. The van der Waals surface area contributed by atoms with Gasteiger partial charge in [-0.15, -0.1) is 0 Å². The third-order valence-electron chi connectivity index (χ3n) is 4.26. The Labute approximate surface area is 171 Å². The maximum Gasteiger partial charge on any atom is 0.363 e. The first-order chi connectivity index (χ1) is 14.7. The minimum absolute atomic E-state index is 0.0521. The number of esters is 1. The molecule has 0 aliphatic heterocycles. The number of hydrogen-bond acceptors (Lipinski definition) is 8. The number of aromatic nitrogens is 4. The highest BCUT2D eigenvalue weighted by molar-refractivity contribution is 5.90. The van der Waals surface area contributed by atoms with Crippen molar-refractivity contribution in [3.63, 3.8) is 0 Å². The maximum atomic E-state index is 12.5. The van der Waals surface area contributed by atoms with E-state index in [2.05, 4.69) is 15.2 Å². The monoisotopic (exact) mass is 406 g/mol. The van der Waals surface area contributed by atoms with Crippen LogP contribution in [0.1, 0.15) is 16.4 Å². The fourth-order valence-corrected chi connectivity index (χ4v) is 2.73. The summed E-state index contributed by atoms with van der Waals surface area (Å²) in [7, 11) is 3.05. The molecule has 0 fully saturated rings. The number of carbonyl (C=O) groups excluding carboxylic acids is 1. The van der Waals surface area contributed by atoms with Crippen molar-refractivity contribution in [2.45, 2.75) is 6.61 Å². The summed E-state index contributed by atoms with van der Waals surface area (Å²) in [5.74, 6) is 0.907. The van der Waals surface area contributed by atoms with Crippen LogP contribution in [0.5, 0.6) is 11.5 Å². The van der Waals surface area contributed by atoms with E-state index in [-0.39, 0.29) is 18.2 Å². The minimum atomic E-state index is -0.661. The molecule has 0 radical (unpaired) electrons. The van der Waals surface area contributed by atoms with Gasteiger partial charge in [-0.25, -0.2) is 9.48 Å². The summed E-state index contributed by atoms with van der Waals surface area (Å²) in [6, 6.07) is 16.6.